The lowest BCUT2D eigenvalue weighted by molar-refractivity contribution is 0.465. The van der Waals surface area contributed by atoms with Crippen molar-refractivity contribution in [3.63, 3.8) is 0 Å². The zero-order chi connectivity index (χ0) is 11.5. The van der Waals surface area contributed by atoms with Crippen LogP contribution in [0.15, 0.2) is 33.9 Å². The third-order valence-electron chi connectivity index (χ3n) is 1.85. The van der Waals surface area contributed by atoms with Crippen LogP contribution in [0.5, 0.6) is 0 Å². The molecule has 0 saturated heterocycles. The minimum Gasteiger partial charge on any atom is -0.411 e. The van der Waals surface area contributed by atoms with E-state index >= 15 is 0 Å². The highest BCUT2D eigenvalue weighted by molar-refractivity contribution is 7.99. The van der Waals surface area contributed by atoms with E-state index in [0.29, 0.717) is 21.4 Å². The van der Waals surface area contributed by atoms with Gasteiger partial charge in [-0.15, -0.1) is 10.2 Å². The second-order valence-electron chi connectivity index (χ2n) is 3.52. The Labute approximate surface area is 103 Å². The lowest BCUT2D eigenvalue weighted by Crippen LogP contribution is -1.84. The molecule has 0 amide bonds. The fourth-order valence-corrected chi connectivity index (χ4v) is 2.04. The van der Waals surface area contributed by atoms with Crippen molar-refractivity contribution in [3.8, 4) is 11.5 Å². The lowest BCUT2D eigenvalue weighted by atomic mass is 10.2. The highest BCUT2D eigenvalue weighted by Crippen LogP contribution is 2.29. The topological polar surface area (TPSA) is 38.9 Å². The van der Waals surface area contributed by atoms with Crippen LogP contribution in [0.3, 0.4) is 0 Å². The van der Waals surface area contributed by atoms with Gasteiger partial charge in [-0.2, -0.15) is 0 Å². The first-order valence-electron chi connectivity index (χ1n) is 4.92. The Kier molecular flexibility index (Phi) is 3.51. The molecule has 0 spiro atoms. The number of thioether (sulfide) groups is 1. The van der Waals surface area contributed by atoms with Gasteiger partial charge in [-0.3, -0.25) is 0 Å². The maximum Gasteiger partial charge on any atom is 0.277 e. The highest BCUT2D eigenvalue weighted by Gasteiger charge is 2.12. The van der Waals surface area contributed by atoms with E-state index < -0.39 is 0 Å². The molecule has 0 fully saturated rings. The van der Waals surface area contributed by atoms with Crippen molar-refractivity contribution in [2.75, 3.05) is 0 Å². The van der Waals surface area contributed by atoms with Gasteiger partial charge in [0.25, 0.3) is 5.22 Å². The molecule has 1 aromatic heterocycles. The van der Waals surface area contributed by atoms with Gasteiger partial charge in [0, 0.05) is 5.25 Å². The molecule has 5 heteroatoms. The van der Waals surface area contributed by atoms with Gasteiger partial charge in [0.2, 0.25) is 5.89 Å². The van der Waals surface area contributed by atoms with Crippen molar-refractivity contribution in [2.24, 2.45) is 0 Å². The summed E-state index contributed by atoms with van der Waals surface area (Å²) in [5, 5.41) is 9.55. The van der Waals surface area contributed by atoms with Crippen LogP contribution >= 0.6 is 23.4 Å². The van der Waals surface area contributed by atoms with Crippen LogP contribution in [0, 0.1) is 0 Å². The van der Waals surface area contributed by atoms with Crippen LogP contribution in [0.25, 0.3) is 11.5 Å². The van der Waals surface area contributed by atoms with Crippen LogP contribution in [-0.2, 0) is 0 Å². The molecule has 0 aliphatic rings. The Morgan fingerprint density at radius 1 is 1.25 bits per heavy atom. The molecule has 0 N–H and O–H groups in total. The average molecular weight is 255 g/mol. The smallest absolute Gasteiger partial charge is 0.277 e. The van der Waals surface area contributed by atoms with Gasteiger partial charge in [0.1, 0.15) is 0 Å². The third kappa shape index (κ3) is 2.57. The Balaban J connectivity index is 2.28. The highest BCUT2D eigenvalue weighted by atomic mass is 35.5. The molecule has 0 saturated carbocycles. The summed E-state index contributed by atoms with van der Waals surface area (Å²) in [4.78, 5) is 0. The minimum absolute atomic E-state index is 0.416. The van der Waals surface area contributed by atoms with Crippen molar-refractivity contribution in [1.29, 1.82) is 0 Å². The molecule has 1 aromatic carbocycles. The molecule has 0 atom stereocenters. The maximum atomic E-state index is 6.04. The van der Waals surface area contributed by atoms with Gasteiger partial charge in [0.15, 0.2) is 0 Å². The molecule has 3 nitrogen and oxygen atoms in total. The van der Waals surface area contributed by atoms with E-state index in [1.165, 1.54) is 11.8 Å². The second kappa shape index (κ2) is 4.89. The summed E-state index contributed by atoms with van der Waals surface area (Å²) in [6.07, 6.45) is 0. The predicted molar refractivity (Wildman–Crippen MR) is 65.7 cm³/mol. The van der Waals surface area contributed by atoms with Crippen molar-refractivity contribution in [3.05, 3.63) is 29.3 Å². The molecule has 16 heavy (non-hydrogen) atoms. The fourth-order valence-electron chi connectivity index (χ4n) is 1.20. The lowest BCUT2D eigenvalue weighted by Gasteiger charge is -1.98. The zero-order valence-corrected chi connectivity index (χ0v) is 10.5. The summed E-state index contributed by atoms with van der Waals surface area (Å²) >= 11 is 7.58. The average Bonchev–Trinajstić information content (AvgIpc) is 2.66. The fraction of sp³-hybridized carbons (Fsp3) is 0.273. The van der Waals surface area contributed by atoms with E-state index in [1.807, 2.05) is 18.2 Å². The Hall–Kier alpha value is -1.00. The zero-order valence-electron chi connectivity index (χ0n) is 8.98. The molecule has 2 aromatic rings. The van der Waals surface area contributed by atoms with Gasteiger partial charge in [-0.05, 0) is 12.1 Å². The maximum absolute atomic E-state index is 6.04. The first-order valence-corrected chi connectivity index (χ1v) is 6.17. The number of aromatic nitrogens is 2. The summed E-state index contributed by atoms with van der Waals surface area (Å²) in [6, 6.07) is 7.42. The number of halogens is 1. The molecule has 0 bridgehead atoms. The second-order valence-corrected chi connectivity index (χ2v) is 5.45. The summed E-state index contributed by atoms with van der Waals surface area (Å²) < 4.78 is 5.52. The van der Waals surface area contributed by atoms with Crippen molar-refractivity contribution >= 4 is 23.4 Å². The van der Waals surface area contributed by atoms with E-state index in [0.717, 1.165) is 5.56 Å². The van der Waals surface area contributed by atoms with E-state index in [1.54, 1.807) is 6.07 Å². The summed E-state index contributed by atoms with van der Waals surface area (Å²) in [6.45, 7) is 4.15. The van der Waals surface area contributed by atoms with Gasteiger partial charge in [-0.25, -0.2) is 0 Å². The van der Waals surface area contributed by atoms with E-state index in [9.17, 15) is 0 Å². The quantitative estimate of drug-likeness (QED) is 0.779. The van der Waals surface area contributed by atoms with Gasteiger partial charge in [-0.1, -0.05) is 49.3 Å². The van der Waals surface area contributed by atoms with Crippen molar-refractivity contribution in [1.82, 2.24) is 10.2 Å². The molecule has 84 valence electrons. The van der Waals surface area contributed by atoms with Gasteiger partial charge >= 0.3 is 0 Å². The predicted octanol–water partition coefficient (Wildman–Crippen LogP) is 3.89. The number of rotatable bonds is 3. The monoisotopic (exact) mass is 254 g/mol. The minimum atomic E-state index is 0.416. The number of hydrogen-bond donors (Lipinski definition) is 0. The Bertz CT molecular complexity index is 484. The summed E-state index contributed by atoms with van der Waals surface area (Å²) in [5.74, 6) is 0.466. The van der Waals surface area contributed by atoms with Crippen molar-refractivity contribution < 1.29 is 4.42 Å². The van der Waals surface area contributed by atoms with Crippen LogP contribution in [0.1, 0.15) is 13.8 Å². The van der Waals surface area contributed by atoms with E-state index in [4.69, 9.17) is 16.0 Å². The SMILES string of the molecule is CC(C)Sc1nnc(-c2ccccc2Cl)o1. The number of hydrogen-bond acceptors (Lipinski definition) is 4. The molecular formula is C11H11ClN2OS. The summed E-state index contributed by atoms with van der Waals surface area (Å²) in [7, 11) is 0. The van der Waals surface area contributed by atoms with Crippen molar-refractivity contribution in [2.45, 2.75) is 24.3 Å². The Morgan fingerprint density at radius 2 is 2.00 bits per heavy atom. The number of benzene rings is 1. The Morgan fingerprint density at radius 3 is 2.69 bits per heavy atom. The van der Waals surface area contributed by atoms with Crippen LogP contribution in [0.4, 0.5) is 0 Å². The molecule has 0 unspecified atom stereocenters. The summed E-state index contributed by atoms with van der Waals surface area (Å²) in [5.41, 5.74) is 0.771. The van der Waals surface area contributed by atoms with Crippen LogP contribution in [-0.4, -0.2) is 15.4 Å². The largest absolute Gasteiger partial charge is 0.411 e. The first-order chi connectivity index (χ1) is 7.66. The normalized spacial score (nSPS) is 11.0. The molecule has 0 radical (unpaired) electrons. The van der Waals surface area contributed by atoms with Crippen LogP contribution < -0.4 is 0 Å². The van der Waals surface area contributed by atoms with Crippen LogP contribution in [0.2, 0.25) is 5.02 Å². The van der Waals surface area contributed by atoms with E-state index in [2.05, 4.69) is 24.0 Å². The van der Waals surface area contributed by atoms with E-state index in [-0.39, 0.29) is 0 Å². The standard InChI is InChI=1S/C11H11ClN2OS/c1-7(2)16-11-14-13-10(15-11)8-5-3-4-6-9(8)12/h3-7H,1-2H3. The molecule has 1 heterocycles. The third-order valence-corrected chi connectivity index (χ3v) is 3.01. The molecule has 0 aliphatic heterocycles. The van der Waals surface area contributed by atoms with Gasteiger partial charge < -0.3 is 4.42 Å². The first kappa shape index (κ1) is 11.5. The molecular weight excluding hydrogens is 244 g/mol. The van der Waals surface area contributed by atoms with Gasteiger partial charge in [0.05, 0.1) is 10.6 Å². The molecule has 2 rings (SSSR count). The molecule has 0 aliphatic carbocycles. The number of nitrogens with zero attached hydrogens (tertiary/aromatic N) is 2.